The highest BCUT2D eigenvalue weighted by Gasteiger charge is 2.31. The number of oxazole rings is 1. The summed E-state index contributed by atoms with van der Waals surface area (Å²) in [4.78, 5) is 42.6. The molecule has 0 radical (unpaired) electrons. The van der Waals surface area contributed by atoms with Crippen LogP contribution in [0.5, 0.6) is 0 Å². The average Bonchev–Trinajstić information content (AvgIpc) is 3.18. The summed E-state index contributed by atoms with van der Waals surface area (Å²) in [5.41, 5.74) is 2.54. The highest BCUT2D eigenvalue weighted by molar-refractivity contribution is 5.92. The standard InChI is InChI=1S/C22H30N6O3/c1-5-18-24-13(2)19(31-18)22(30)28-10-8-16-17(12-28)25-20(26-21(16)23-4)15-7-6-9-27(11-15)14(3)29/h15H,5-12H2,1-4H3,(H,23,25,26)/t15-/m1/s1. The van der Waals surface area contributed by atoms with Crippen LogP contribution in [0.25, 0.3) is 0 Å². The van der Waals surface area contributed by atoms with E-state index in [2.05, 4.69) is 10.3 Å². The number of nitrogens with one attached hydrogen (secondary N) is 1. The van der Waals surface area contributed by atoms with E-state index in [4.69, 9.17) is 14.4 Å². The van der Waals surface area contributed by atoms with E-state index in [0.29, 0.717) is 49.8 Å². The molecule has 2 aliphatic rings. The molecule has 1 atom stereocenters. The van der Waals surface area contributed by atoms with Crippen LogP contribution in [0.3, 0.4) is 0 Å². The van der Waals surface area contributed by atoms with Crippen molar-refractivity contribution in [1.82, 2.24) is 24.8 Å². The first-order chi connectivity index (χ1) is 14.9. The van der Waals surface area contributed by atoms with E-state index in [1.165, 1.54) is 0 Å². The number of carbonyl (C=O) groups excluding carboxylic acids is 2. The highest BCUT2D eigenvalue weighted by atomic mass is 16.4. The molecule has 2 aliphatic heterocycles. The van der Waals surface area contributed by atoms with E-state index in [1.807, 2.05) is 18.9 Å². The topological polar surface area (TPSA) is 104 Å². The van der Waals surface area contributed by atoms with Crippen molar-refractivity contribution >= 4 is 17.6 Å². The molecule has 9 heteroatoms. The van der Waals surface area contributed by atoms with Gasteiger partial charge in [0.2, 0.25) is 11.7 Å². The third-order valence-corrected chi connectivity index (χ3v) is 6.18. The molecule has 2 amide bonds. The molecule has 9 nitrogen and oxygen atoms in total. The summed E-state index contributed by atoms with van der Waals surface area (Å²) in [6, 6.07) is 0. The fourth-order valence-corrected chi connectivity index (χ4v) is 4.43. The van der Waals surface area contributed by atoms with Gasteiger partial charge < -0.3 is 19.5 Å². The fraction of sp³-hybridized carbons (Fsp3) is 0.591. The van der Waals surface area contributed by atoms with E-state index in [0.717, 1.165) is 42.3 Å². The number of amides is 2. The number of nitrogens with zero attached hydrogens (tertiary/aromatic N) is 5. The van der Waals surface area contributed by atoms with Crippen LogP contribution >= 0.6 is 0 Å². The third-order valence-electron chi connectivity index (χ3n) is 6.18. The van der Waals surface area contributed by atoms with Crippen LogP contribution in [-0.2, 0) is 24.2 Å². The van der Waals surface area contributed by atoms with Crippen LogP contribution < -0.4 is 5.32 Å². The van der Waals surface area contributed by atoms with Gasteiger partial charge in [0.15, 0.2) is 5.89 Å². The van der Waals surface area contributed by atoms with Gasteiger partial charge in [0, 0.05) is 51.5 Å². The molecular weight excluding hydrogens is 396 g/mol. The minimum absolute atomic E-state index is 0.0853. The Kier molecular flexibility index (Phi) is 5.93. The maximum absolute atomic E-state index is 13.1. The molecule has 1 fully saturated rings. The number of hydrogen-bond acceptors (Lipinski definition) is 7. The fourth-order valence-electron chi connectivity index (χ4n) is 4.43. The lowest BCUT2D eigenvalue weighted by Crippen LogP contribution is -2.39. The summed E-state index contributed by atoms with van der Waals surface area (Å²) in [5.74, 6) is 2.48. The Morgan fingerprint density at radius 3 is 2.68 bits per heavy atom. The average molecular weight is 427 g/mol. The normalized spacial score (nSPS) is 18.6. The molecule has 166 valence electrons. The first kappa shape index (κ1) is 21.3. The SMILES string of the molecule is CCc1nc(C)c(C(=O)N2CCc3c(nc([C@@H]4CCCN(C(C)=O)C4)nc3NC)C2)o1. The second kappa shape index (κ2) is 8.64. The Morgan fingerprint density at radius 2 is 2.00 bits per heavy atom. The van der Waals surface area contributed by atoms with Crippen LogP contribution in [0.4, 0.5) is 5.82 Å². The van der Waals surface area contributed by atoms with Crippen molar-refractivity contribution in [1.29, 1.82) is 0 Å². The smallest absolute Gasteiger partial charge is 0.291 e. The van der Waals surface area contributed by atoms with Gasteiger partial charge in [0.1, 0.15) is 11.6 Å². The summed E-state index contributed by atoms with van der Waals surface area (Å²) in [7, 11) is 1.86. The number of piperidine rings is 1. The minimum Gasteiger partial charge on any atom is -0.435 e. The van der Waals surface area contributed by atoms with Gasteiger partial charge in [0.05, 0.1) is 17.9 Å². The zero-order valence-electron chi connectivity index (χ0n) is 18.7. The van der Waals surface area contributed by atoms with Gasteiger partial charge in [-0.2, -0.15) is 0 Å². The first-order valence-electron chi connectivity index (χ1n) is 11.0. The zero-order valence-corrected chi connectivity index (χ0v) is 18.7. The van der Waals surface area contributed by atoms with Gasteiger partial charge in [0.25, 0.3) is 5.91 Å². The van der Waals surface area contributed by atoms with Crippen LogP contribution in [0, 0.1) is 6.92 Å². The quantitative estimate of drug-likeness (QED) is 0.800. The van der Waals surface area contributed by atoms with E-state index < -0.39 is 0 Å². The molecule has 0 spiro atoms. The number of aromatic nitrogens is 3. The number of anilines is 1. The van der Waals surface area contributed by atoms with Gasteiger partial charge in [-0.15, -0.1) is 0 Å². The maximum atomic E-state index is 13.1. The number of hydrogen-bond donors (Lipinski definition) is 1. The lowest BCUT2D eigenvalue weighted by atomic mass is 9.96. The number of fused-ring (bicyclic) bond motifs is 1. The number of rotatable bonds is 4. The number of carbonyl (C=O) groups is 2. The van der Waals surface area contributed by atoms with Crippen molar-refractivity contribution in [2.75, 3.05) is 32.0 Å². The summed E-state index contributed by atoms with van der Waals surface area (Å²) >= 11 is 0. The Bertz CT molecular complexity index is 1000. The van der Waals surface area contributed by atoms with Crippen molar-refractivity contribution in [2.45, 2.75) is 58.9 Å². The second-order valence-electron chi connectivity index (χ2n) is 8.26. The zero-order chi connectivity index (χ0) is 22.1. The molecule has 1 N–H and O–H groups in total. The van der Waals surface area contributed by atoms with Crippen LogP contribution in [-0.4, -0.2) is 63.2 Å². The predicted molar refractivity (Wildman–Crippen MR) is 115 cm³/mol. The largest absolute Gasteiger partial charge is 0.435 e. The van der Waals surface area contributed by atoms with Gasteiger partial charge >= 0.3 is 0 Å². The van der Waals surface area contributed by atoms with Gasteiger partial charge in [-0.05, 0) is 26.2 Å². The first-order valence-corrected chi connectivity index (χ1v) is 11.0. The van der Waals surface area contributed by atoms with Crippen LogP contribution in [0.1, 0.15) is 71.8 Å². The lowest BCUT2D eigenvalue weighted by molar-refractivity contribution is -0.130. The maximum Gasteiger partial charge on any atom is 0.291 e. The molecular formula is C22H30N6O3. The Morgan fingerprint density at radius 1 is 1.19 bits per heavy atom. The predicted octanol–water partition coefficient (Wildman–Crippen LogP) is 2.30. The van der Waals surface area contributed by atoms with Gasteiger partial charge in [-0.25, -0.2) is 15.0 Å². The van der Waals surface area contributed by atoms with Crippen molar-refractivity contribution in [2.24, 2.45) is 0 Å². The van der Waals surface area contributed by atoms with Crippen molar-refractivity contribution in [3.63, 3.8) is 0 Å². The minimum atomic E-state index is -0.151. The number of likely N-dealkylation sites (tertiary alicyclic amines) is 1. The van der Waals surface area contributed by atoms with Gasteiger partial charge in [-0.3, -0.25) is 9.59 Å². The molecule has 0 bridgehead atoms. The van der Waals surface area contributed by atoms with E-state index in [9.17, 15) is 9.59 Å². The Labute approximate surface area is 182 Å². The second-order valence-corrected chi connectivity index (χ2v) is 8.26. The summed E-state index contributed by atoms with van der Waals surface area (Å²) < 4.78 is 5.68. The summed E-state index contributed by atoms with van der Waals surface area (Å²) in [6.45, 7) is 7.76. The van der Waals surface area contributed by atoms with E-state index in [-0.39, 0.29) is 17.7 Å². The lowest BCUT2D eigenvalue weighted by Gasteiger charge is -2.33. The molecule has 0 aliphatic carbocycles. The summed E-state index contributed by atoms with van der Waals surface area (Å²) in [5, 5.41) is 3.20. The van der Waals surface area contributed by atoms with Crippen molar-refractivity contribution in [3.8, 4) is 0 Å². The Hall–Kier alpha value is -2.97. The van der Waals surface area contributed by atoms with Crippen molar-refractivity contribution in [3.05, 3.63) is 34.4 Å². The third kappa shape index (κ3) is 4.13. The molecule has 0 saturated carbocycles. The molecule has 1 saturated heterocycles. The van der Waals surface area contributed by atoms with Gasteiger partial charge in [-0.1, -0.05) is 6.92 Å². The van der Waals surface area contributed by atoms with Crippen LogP contribution in [0.2, 0.25) is 0 Å². The molecule has 31 heavy (non-hydrogen) atoms. The monoisotopic (exact) mass is 426 g/mol. The molecule has 0 unspecified atom stereocenters. The molecule has 2 aromatic heterocycles. The summed E-state index contributed by atoms with van der Waals surface area (Å²) in [6.07, 6.45) is 3.22. The molecule has 4 heterocycles. The van der Waals surface area contributed by atoms with Crippen LogP contribution in [0.15, 0.2) is 4.42 Å². The molecule has 4 rings (SSSR count). The van der Waals surface area contributed by atoms with E-state index >= 15 is 0 Å². The van der Waals surface area contributed by atoms with E-state index in [1.54, 1.807) is 18.7 Å². The Balaban J connectivity index is 1.60. The molecule has 2 aromatic rings. The van der Waals surface area contributed by atoms with Crippen molar-refractivity contribution < 1.29 is 14.0 Å². The highest BCUT2D eigenvalue weighted by Crippen LogP contribution is 2.30. The number of aryl methyl sites for hydroxylation is 2. The molecule has 0 aromatic carbocycles.